The molecule has 0 heterocycles. The minimum absolute atomic E-state index is 0.00155. The van der Waals surface area contributed by atoms with Gasteiger partial charge in [0.05, 0.1) is 12.8 Å². The van der Waals surface area contributed by atoms with Gasteiger partial charge >= 0.3 is 12.1 Å². The Balaban J connectivity index is 2.81. The molecule has 0 aliphatic carbocycles. The van der Waals surface area contributed by atoms with Crippen molar-refractivity contribution in [1.29, 1.82) is 0 Å². The van der Waals surface area contributed by atoms with E-state index in [4.69, 9.17) is 18.9 Å². The first-order valence-electron chi connectivity index (χ1n) is 9.74. The van der Waals surface area contributed by atoms with Crippen molar-refractivity contribution in [3.63, 3.8) is 0 Å². The summed E-state index contributed by atoms with van der Waals surface area (Å²) in [5.41, 5.74) is 0.496. The Hall–Kier alpha value is -3.29. The van der Waals surface area contributed by atoms with Crippen LogP contribution in [0.4, 0.5) is 16.2 Å². The maximum atomic E-state index is 11.9. The zero-order valence-electron chi connectivity index (χ0n) is 19.1. The molecule has 0 amide bonds. The summed E-state index contributed by atoms with van der Waals surface area (Å²) in [6.07, 6.45) is 2.33. The number of benzene rings is 1. The van der Waals surface area contributed by atoms with Gasteiger partial charge in [-0.3, -0.25) is 0 Å². The number of rotatable bonds is 9. The third-order valence-corrected chi connectivity index (χ3v) is 3.75. The van der Waals surface area contributed by atoms with Crippen LogP contribution in [-0.4, -0.2) is 49.5 Å². The summed E-state index contributed by atoms with van der Waals surface area (Å²) in [5, 5.41) is 3.12. The lowest BCUT2D eigenvalue weighted by molar-refractivity contribution is -0.144. The maximum absolute atomic E-state index is 11.9. The number of carbonyl (C=O) groups is 2. The molecule has 8 nitrogen and oxygen atoms in total. The zero-order valence-corrected chi connectivity index (χ0v) is 19.1. The van der Waals surface area contributed by atoms with E-state index in [-0.39, 0.29) is 25.1 Å². The molecule has 0 saturated heterocycles. The molecule has 0 fully saturated rings. The molecule has 0 unspecified atom stereocenters. The minimum atomic E-state index is -0.901. The number of anilines is 1. The van der Waals surface area contributed by atoms with Gasteiger partial charge in [0.1, 0.15) is 24.4 Å². The lowest BCUT2D eigenvalue weighted by atomic mass is 10.0. The van der Waals surface area contributed by atoms with Crippen LogP contribution in [-0.2, 0) is 23.7 Å². The molecule has 0 saturated carbocycles. The monoisotopic (exact) mass is 432 g/mol. The van der Waals surface area contributed by atoms with Crippen molar-refractivity contribution in [3.05, 3.63) is 43.0 Å². The van der Waals surface area contributed by atoms with E-state index in [1.54, 1.807) is 52.8 Å². The number of hydrogen-bond acceptors (Lipinski definition) is 8. The summed E-state index contributed by atoms with van der Waals surface area (Å²) in [6.45, 7) is 16.3. The number of nitrogens with one attached hydrogen (secondary N) is 1. The Kier molecular flexibility index (Phi) is 9.30. The molecule has 0 aromatic heterocycles. The van der Waals surface area contributed by atoms with E-state index in [9.17, 15) is 9.59 Å². The third kappa shape index (κ3) is 8.94. The van der Waals surface area contributed by atoms with E-state index in [2.05, 4.69) is 23.5 Å². The summed E-state index contributed by atoms with van der Waals surface area (Å²) < 4.78 is 20.3. The van der Waals surface area contributed by atoms with Crippen LogP contribution < -0.4 is 5.32 Å². The van der Waals surface area contributed by atoms with E-state index in [0.29, 0.717) is 11.4 Å². The molecule has 31 heavy (non-hydrogen) atoms. The van der Waals surface area contributed by atoms with E-state index in [1.165, 1.54) is 13.2 Å². The quantitative estimate of drug-likeness (QED) is 0.257. The first kappa shape index (κ1) is 25.7. The Bertz CT molecular complexity index is 837. The normalized spacial score (nSPS) is 11.9. The number of nitrogens with zero attached hydrogens (tertiary/aromatic N) is 1. The molecule has 0 radical (unpaired) electrons. The molecule has 0 atom stereocenters. The van der Waals surface area contributed by atoms with Crippen molar-refractivity contribution >= 4 is 35.5 Å². The van der Waals surface area contributed by atoms with Gasteiger partial charge in [-0.15, -0.1) is 0 Å². The fraction of sp³-hybridized carbons (Fsp3) is 0.435. The average Bonchev–Trinajstić information content (AvgIpc) is 2.68. The second-order valence-electron chi connectivity index (χ2n) is 8.03. The fourth-order valence-electron chi connectivity index (χ4n) is 2.37. The smallest absolute Gasteiger partial charge is 0.474 e. The molecule has 170 valence electrons. The average molecular weight is 433 g/mol. The van der Waals surface area contributed by atoms with Gasteiger partial charge in [-0.25, -0.2) is 14.6 Å². The number of aliphatic imine (C=N–C) groups is 1. The summed E-state index contributed by atoms with van der Waals surface area (Å²) >= 11 is 0. The molecule has 1 aromatic rings. The van der Waals surface area contributed by atoms with Gasteiger partial charge in [-0.2, -0.15) is 0 Å². The number of ether oxygens (including phenoxy) is 4. The first-order valence-corrected chi connectivity index (χ1v) is 9.74. The molecule has 0 aliphatic rings. The molecule has 8 heteroatoms. The highest BCUT2D eigenvalue weighted by Crippen LogP contribution is 2.27. The number of methoxy groups -OCH3 is 1. The van der Waals surface area contributed by atoms with Gasteiger partial charge in [-0.1, -0.05) is 19.2 Å². The summed E-state index contributed by atoms with van der Waals surface area (Å²) in [4.78, 5) is 27.9. The van der Waals surface area contributed by atoms with Crippen molar-refractivity contribution in [3.8, 4) is 0 Å². The van der Waals surface area contributed by atoms with Crippen LogP contribution >= 0.6 is 0 Å². The second kappa shape index (κ2) is 11.2. The highest BCUT2D eigenvalue weighted by atomic mass is 16.7. The predicted octanol–water partition coefficient (Wildman–Crippen LogP) is 4.88. The molecule has 1 aromatic carbocycles. The van der Waals surface area contributed by atoms with E-state index in [0.717, 1.165) is 5.56 Å². The van der Waals surface area contributed by atoms with Gasteiger partial charge in [0.25, 0.3) is 0 Å². The van der Waals surface area contributed by atoms with Crippen molar-refractivity contribution in [2.24, 2.45) is 4.99 Å². The summed E-state index contributed by atoms with van der Waals surface area (Å²) in [6, 6.07) is 5.35. The van der Waals surface area contributed by atoms with Gasteiger partial charge in [-0.05, 0) is 58.9 Å². The topological polar surface area (TPSA) is 95.5 Å². The second-order valence-corrected chi connectivity index (χ2v) is 8.03. The molecule has 1 rings (SSSR count). The third-order valence-electron chi connectivity index (χ3n) is 3.75. The number of hydrogen-bond donors (Lipinski definition) is 1. The Morgan fingerprint density at radius 1 is 1.10 bits per heavy atom. The molecule has 0 aliphatic heterocycles. The molecular weight excluding hydrogens is 400 g/mol. The highest BCUT2D eigenvalue weighted by molar-refractivity contribution is 5.90. The van der Waals surface area contributed by atoms with Crippen LogP contribution in [0.3, 0.4) is 0 Å². The number of carbonyl (C=O) groups excluding carboxylic acids is 2. The van der Waals surface area contributed by atoms with Crippen molar-refractivity contribution in [1.82, 2.24) is 0 Å². The molecule has 0 bridgehead atoms. The van der Waals surface area contributed by atoms with Crippen LogP contribution in [0.5, 0.6) is 0 Å². The standard InChI is InChI=1S/C23H32N2O6/c1-9-16-15-17(25-23(6,7)20(26)28-8)11-12-18(16)24-19(10-2)29-13-14-30-21(27)31-22(3,4)5/h9-12,15,25H,1-2,13-14H2,3-8H3. The summed E-state index contributed by atoms with van der Waals surface area (Å²) in [7, 11) is 1.34. The molecule has 0 spiro atoms. The SMILES string of the molecule is C=CC(=Nc1ccc(NC(C)(C)C(=O)OC)cc1C=C)OCCOC(=O)OC(C)(C)C. The Morgan fingerprint density at radius 3 is 2.29 bits per heavy atom. The van der Waals surface area contributed by atoms with Gasteiger partial charge < -0.3 is 24.3 Å². The summed E-state index contributed by atoms with van der Waals surface area (Å²) in [5.74, 6) is -0.128. The zero-order chi connectivity index (χ0) is 23.7. The lowest BCUT2D eigenvalue weighted by Crippen LogP contribution is -2.41. The van der Waals surface area contributed by atoms with Gasteiger partial charge in [0.15, 0.2) is 0 Å². The van der Waals surface area contributed by atoms with Crippen LogP contribution in [0.15, 0.2) is 42.4 Å². The molecule has 1 N–H and O–H groups in total. The Morgan fingerprint density at radius 2 is 1.74 bits per heavy atom. The molecular formula is C23H32N2O6. The first-order chi connectivity index (χ1) is 14.4. The van der Waals surface area contributed by atoms with E-state index < -0.39 is 17.3 Å². The minimum Gasteiger partial charge on any atom is -0.474 e. The van der Waals surface area contributed by atoms with Crippen LogP contribution in [0.25, 0.3) is 6.08 Å². The van der Waals surface area contributed by atoms with Crippen molar-refractivity contribution in [2.45, 2.75) is 45.8 Å². The van der Waals surface area contributed by atoms with Crippen LogP contribution in [0, 0.1) is 0 Å². The largest absolute Gasteiger partial charge is 0.508 e. The highest BCUT2D eigenvalue weighted by Gasteiger charge is 2.28. The van der Waals surface area contributed by atoms with Crippen LogP contribution in [0.1, 0.15) is 40.2 Å². The lowest BCUT2D eigenvalue weighted by Gasteiger charge is -2.24. The van der Waals surface area contributed by atoms with Crippen molar-refractivity contribution < 1.29 is 28.5 Å². The van der Waals surface area contributed by atoms with E-state index in [1.807, 2.05) is 6.07 Å². The maximum Gasteiger partial charge on any atom is 0.508 e. The van der Waals surface area contributed by atoms with Gasteiger partial charge in [0, 0.05) is 11.3 Å². The number of esters is 1. The Labute approximate surface area is 183 Å². The predicted molar refractivity (Wildman–Crippen MR) is 122 cm³/mol. The van der Waals surface area contributed by atoms with Crippen molar-refractivity contribution in [2.75, 3.05) is 25.6 Å². The van der Waals surface area contributed by atoms with Crippen LogP contribution in [0.2, 0.25) is 0 Å². The fourth-order valence-corrected chi connectivity index (χ4v) is 2.37. The van der Waals surface area contributed by atoms with Gasteiger partial charge in [0.2, 0.25) is 5.90 Å². The van der Waals surface area contributed by atoms with E-state index >= 15 is 0 Å².